The Morgan fingerprint density at radius 2 is 1.69 bits per heavy atom. The number of ketones is 1. The van der Waals surface area contributed by atoms with Crippen molar-refractivity contribution < 1.29 is 4.79 Å². The molecule has 0 aliphatic heterocycles. The minimum absolute atomic E-state index is 0.279. The summed E-state index contributed by atoms with van der Waals surface area (Å²) in [4.78, 5) is 12.1. The van der Waals surface area contributed by atoms with Crippen molar-refractivity contribution in [2.75, 3.05) is 1.33 Å². The molecule has 0 bridgehead atoms. The lowest BCUT2D eigenvalue weighted by molar-refractivity contribution is 0.0923. The Morgan fingerprint density at radius 1 is 1.12 bits per heavy atom. The van der Waals surface area contributed by atoms with Gasteiger partial charge in [-0.1, -0.05) is 12.8 Å². The summed E-state index contributed by atoms with van der Waals surface area (Å²) < 4.78 is 1.99. The SMILES string of the molecule is O=C(c1ccc(N(I)I)cc1)C1CCCC1. The van der Waals surface area contributed by atoms with Crippen LogP contribution in [0.15, 0.2) is 24.3 Å². The van der Waals surface area contributed by atoms with Gasteiger partial charge < -0.3 is 0 Å². The standard InChI is InChI=1S/C12H13I2NO/c13-15(14)11-7-5-10(6-8-11)12(16)9-3-1-2-4-9/h5-9H,1-4H2. The van der Waals surface area contributed by atoms with E-state index in [0.717, 1.165) is 24.1 Å². The molecule has 0 atom stereocenters. The molecule has 0 saturated heterocycles. The second-order valence-electron chi connectivity index (χ2n) is 4.13. The van der Waals surface area contributed by atoms with E-state index in [0.29, 0.717) is 5.78 Å². The number of halogens is 2. The average molecular weight is 441 g/mol. The van der Waals surface area contributed by atoms with Crippen LogP contribution in [0.3, 0.4) is 0 Å². The van der Waals surface area contributed by atoms with Crippen LogP contribution in [0.25, 0.3) is 0 Å². The van der Waals surface area contributed by atoms with Gasteiger partial charge in [-0.25, -0.2) is 0 Å². The Hall–Kier alpha value is 0.150. The van der Waals surface area contributed by atoms with Gasteiger partial charge in [0.25, 0.3) is 0 Å². The lowest BCUT2D eigenvalue weighted by Gasteiger charge is -2.10. The molecule has 2 rings (SSSR count). The molecule has 1 aromatic rings. The van der Waals surface area contributed by atoms with Crippen molar-refractivity contribution in [3.63, 3.8) is 0 Å². The molecule has 4 heteroatoms. The summed E-state index contributed by atoms with van der Waals surface area (Å²) in [7, 11) is 0. The van der Waals surface area contributed by atoms with E-state index < -0.39 is 0 Å². The zero-order valence-corrected chi connectivity index (χ0v) is 13.1. The molecule has 1 saturated carbocycles. The molecule has 1 aliphatic carbocycles. The van der Waals surface area contributed by atoms with Crippen LogP contribution in [0.5, 0.6) is 0 Å². The highest BCUT2D eigenvalue weighted by Crippen LogP contribution is 2.29. The Balaban J connectivity index is 2.11. The number of rotatable bonds is 3. The van der Waals surface area contributed by atoms with Gasteiger partial charge in [-0.2, -0.15) is 0 Å². The Morgan fingerprint density at radius 3 is 2.19 bits per heavy atom. The molecule has 0 aromatic heterocycles. The van der Waals surface area contributed by atoms with Crippen molar-refractivity contribution in [1.82, 2.24) is 0 Å². The predicted molar refractivity (Wildman–Crippen MR) is 83.2 cm³/mol. The number of hydrogen-bond donors (Lipinski definition) is 0. The molecule has 0 heterocycles. The lowest BCUT2D eigenvalue weighted by Crippen LogP contribution is -2.10. The van der Waals surface area contributed by atoms with Gasteiger partial charge in [-0.05, 0) is 37.1 Å². The van der Waals surface area contributed by atoms with Crippen LogP contribution in [-0.4, -0.2) is 5.78 Å². The number of nitrogens with zero attached hydrogens (tertiary/aromatic N) is 1. The molecule has 1 aromatic carbocycles. The maximum atomic E-state index is 12.1. The number of anilines is 1. The number of Topliss-reactive ketones (excluding diaryl/α,β-unsaturated/α-hetero) is 1. The summed E-state index contributed by atoms with van der Waals surface area (Å²) in [5.41, 5.74) is 1.98. The molecule has 2 nitrogen and oxygen atoms in total. The van der Waals surface area contributed by atoms with Gasteiger partial charge in [-0.3, -0.25) is 6.12 Å². The first kappa shape index (κ1) is 12.6. The number of carbonyl (C=O) groups excluding carboxylic acids is 1. The molecule has 0 spiro atoms. The molecule has 16 heavy (non-hydrogen) atoms. The third kappa shape index (κ3) is 2.88. The van der Waals surface area contributed by atoms with Crippen LogP contribution >= 0.6 is 45.7 Å². The third-order valence-electron chi connectivity index (χ3n) is 3.07. The maximum Gasteiger partial charge on any atom is 0.165 e. The smallest absolute Gasteiger partial charge is 0.165 e. The van der Waals surface area contributed by atoms with Crippen molar-refractivity contribution >= 4 is 57.2 Å². The van der Waals surface area contributed by atoms with Crippen molar-refractivity contribution in [3.8, 4) is 0 Å². The largest absolute Gasteiger partial charge is 0.294 e. The average Bonchev–Trinajstić information content (AvgIpc) is 2.81. The molecule has 86 valence electrons. The van der Waals surface area contributed by atoms with Crippen LogP contribution in [-0.2, 0) is 0 Å². The van der Waals surface area contributed by atoms with E-state index in [9.17, 15) is 4.79 Å². The second kappa shape index (κ2) is 5.66. The normalized spacial score (nSPS) is 16.4. The van der Waals surface area contributed by atoms with Crippen LogP contribution in [0.2, 0.25) is 0 Å². The van der Waals surface area contributed by atoms with Crippen LogP contribution < -0.4 is 1.33 Å². The van der Waals surface area contributed by atoms with Gasteiger partial charge in [0.1, 0.15) is 0 Å². The quantitative estimate of drug-likeness (QED) is 0.390. The number of hydrogen-bond acceptors (Lipinski definition) is 2. The summed E-state index contributed by atoms with van der Waals surface area (Å²) in [5.74, 6) is 0.610. The van der Waals surface area contributed by atoms with E-state index in [1.807, 2.05) is 25.6 Å². The van der Waals surface area contributed by atoms with E-state index in [4.69, 9.17) is 0 Å². The van der Waals surface area contributed by atoms with Gasteiger partial charge in [0, 0.05) is 11.5 Å². The van der Waals surface area contributed by atoms with Crippen molar-refractivity contribution in [2.24, 2.45) is 5.92 Å². The van der Waals surface area contributed by atoms with E-state index in [1.54, 1.807) is 0 Å². The van der Waals surface area contributed by atoms with Gasteiger partial charge in [0.05, 0.1) is 51.4 Å². The first-order valence-electron chi connectivity index (χ1n) is 5.44. The van der Waals surface area contributed by atoms with E-state index in [2.05, 4.69) is 45.7 Å². The van der Waals surface area contributed by atoms with Crippen molar-refractivity contribution in [3.05, 3.63) is 29.8 Å². The molecule has 1 aliphatic rings. The fourth-order valence-corrected chi connectivity index (χ4v) is 2.81. The van der Waals surface area contributed by atoms with Gasteiger partial charge in [0.2, 0.25) is 0 Å². The summed E-state index contributed by atoms with van der Waals surface area (Å²) in [6.07, 6.45) is 4.57. The Kier molecular flexibility index (Phi) is 4.46. The molecule has 1 fully saturated rings. The minimum atomic E-state index is 0.279. The minimum Gasteiger partial charge on any atom is -0.294 e. The zero-order valence-electron chi connectivity index (χ0n) is 8.83. The van der Waals surface area contributed by atoms with E-state index in [-0.39, 0.29) is 5.92 Å². The highest BCUT2D eigenvalue weighted by molar-refractivity contribution is 14.2. The van der Waals surface area contributed by atoms with Crippen LogP contribution in [0.1, 0.15) is 36.0 Å². The Bertz CT molecular complexity index is 369. The van der Waals surface area contributed by atoms with Gasteiger partial charge in [0.15, 0.2) is 5.78 Å². The highest BCUT2D eigenvalue weighted by atomic mass is 127. The lowest BCUT2D eigenvalue weighted by atomic mass is 9.96. The first-order valence-corrected chi connectivity index (χ1v) is 7.37. The van der Waals surface area contributed by atoms with Crippen molar-refractivity contribution in [2.45, 2.75) is 25.7 Å². The number of carbonyl (C=O) groups is 1. The molecule has 0 unspecified atom stereocenters. The fourth-order valence-electron chi connectivity index (χ4n) is 2.16. The topological polar surface area (TPSA) is 20.3 Å². The maximum absolute atomic E-state index is 12.1. The predicted octanol–water partition coefficient (Wildman–Crippen LogP) is 4.57. The van der Waals surface area contributed by atoms with E-state index >= 15 is 0 Å². The molecule has 0 N–H and O–H groups in total. The summed E-state index contributed by atoms with van der Waals surface area (Å²) in [5, 5.41) is 0. The van der Waals surface area contributed by atoms with Crippen LogP contribution in [0.4, 0.5) is 5.69 Å². The Labute approximate surface area is 124 Å². The zero-order chi connectivity index (χ0) is 11.5. The molecule has 0 radical (unpaired) electrons. The fraction of sp³-hybridized carbons (Fsp3) is 0.417. The second-order valence-corrected chi connectivity index (χ2v) is 7.90. The summed E-state index contributed by atoms with van der Waals surface area (Å²) in [6.45, 7) is 0. The first-order chi connectivity index (χ1) is 7.68. The van der Waals surface area contributed by atoms with Crippen molar-refractivity contribution in [1.29, 1.82) is 0 Å². The van der Waals surface area contributed by atoms with Crippen LogP contribution in [0, 0.1) is 5.92 Å². The molecule has 0 amide bonds. The van der Waals surface area contributed by atoms with Gasteiger partial charge >= 0.3 is 0 Å². The summed E-state index contributed by atoms with van der Waals surface area (Å²) >= 11 is 4.42. The molecular weight excluding hydrogens is 428 g/mol. The monoisotopic (exact) mass is 441 g/mol. The molecular formula is C12H13I2NO. The number of benzene rings is 1. The third-order valence-corrected chi connectivity index (χ3v) is 4.19. The highest BCUT2D eigenvalue weighted by Gasteiger charge is 2.23. The van der Waals surface area contributed by atoms with Gasteiger partial charge in [-0.15, -0.1) is 0 Å². The summed E-state index contributed by atoms with van der Waals surface area (Å²) in [6, 6.07) is 7.89. The van der Waals surface area contributed by atoms with E-state index in [1.165, 1.54) is 12.8 Å².